The maximum atomic E-state index is 12.0. The number of nitriles is 4. The highest BCUT2D eigenvalue weighted by Gasteiger charge is 2.85. The molecule has 0 radical (unpaired) electrons. The molecule has 0 aromatic heterocycles. The summed E-state index contributed by atoms with van der Waals surface area (Å²) in [5.41, 5.74) is -3.18. The lowest BCUT2D eigenvalue weighted by Crippen LogP contribution is -2.12. The Kier molecular flexibility index (Phi) is 3.33. The van der Waals surface area contributed by atoms with E-state index in [1.165, 1.54) is 0 Å². The largest absolute Gasteiger partial charge is 0.460 e. The van der Waals surface area contributed by atoms with Crippen LogP contribution < -0.4 is 0 Å². The van der Waals surface area contributed by atoms with Crippen molar-refractivity contribution in [1.82, 2.24) is 0 Å². The molecule has 0 aliphatic heterocycles. The number of nitrogens with zero attached hydrogens (tertiary/aromatic N) is 4. The smallest absolute Gasteiger partial charge is 0.314 e. The summed E-state index contributed by atoms with van der Waals surface area (Å²) in [7, 11) is 0. The van der Waals surface area contributed by atoms with Gasteiger partial charge in [-0.3, -0.25) is 4.79 Å². The second-order valence-electron chi connectivity index (χ2n) is 4.59. The molecule has 0 saturated heterocycles. The van der Waals surface area contributed by atoms with Crippen LogP contribution in [0.2, 0.25) is 0 Å². The fraction of sp³-hybridized carbons (Fsp3) is 0.267. The molecule has 2 rings (SSSR count). The van der Waals surface area contributed by atoms with Crippen molar-refractivity contribution in [3.05, 3.63) is 35.9 Å². The summed E-state index contributed by atoms with van der Waals surface area (Å²) in [6.45, 7) is -0.0456. The fourth-order valence-corrected chi connectivity index (χ4v) is 2.30. The minimum absolute atomic E-state index is 0.0456. The third kappa shape index (κ3) is 1.79. The Hall–Kier alpha value is -3.35. The van der Waals surface area contributed by atoms with E-state index in [9.17, 15) is 4.79 Å². The number of carbonyl (C=O) groups excluding carboxylic acids is 1. The highest BCUT2D eigenvalue weighted by atomic mass is 16.5. The van der Waals surface area contributed by atoms with E-state index in [2.05, 4.69) is 0 Å². The average molecular weight is 276 g/mol. The van der Waals surface area contributed by atoms with Crippen molar-refractivity contribution >= 4 is 5.97 Å². The zero-order chi connectivity index (χ0) is 15.5. The molecule has 0 heterocycles. The summed E-state index contributed by atoms with van der Waals surface area (Å²) in [6.07, 6.45) is 0. The first kappa shape index (κ1) is 14.1. The Labute approximate surface area is 121 Å². The van der Waals surface area contributed by atoms with Crippen LogP contribution in [0.1, 0.15) is 5.56 Å². The lowest BCUT2D eigenvalue weighted by atomic mass is 9.98. The molecule has 1 aliphatic rings. The minimum atomic E-state index is -1.95. The van der Waals surface area contributed by atoms with Crippen LogP contribution in [0.15, 0.2) is 30.3 Å². The molecule has 0 spiro atoms. The van der Waals surface area contributed by atoms with Gasteiger partial charge in [-0.15, -0.1) is 0 Å². The van der Waals surface area contributed by atoms with Gasteiger partial charge in [-0.05, 0) is 5.56 Å². The highest BCUT2D eigenvalue weighted by Crippen LogP contribution is 2.68. The maximum absolute atomic E-state index is 12.0. The number of benzene rings is 1. The van der Waals surface area contributed by atoms with Gasteiger partial charge in [0.1, 0.15) is 12.5 Å². The molecule has 1 aromatic rings. The number of hydrogen-bond donors (Lipinski definition) is 0. The third-order valence-electron chi connectivity index (χ3n) is 3.57. The van der Waals surface area contributed by atoms with E-state index in [-0.39, 0.29) is 6.61 Å². The summed E-state index contributed by atoms with van der Waals surface area (Å²) >= 11 is 0. The molecular formula is C15H8N4O2. The monoisotopic (exact) mass is 276 g/mol. The van der Waals surface area contributed by atoms with Gasteiger partial charge in [0.15, 0.2) is 10.8 Å². The Morgan fingerprint density at radius 1 is 1.00 bits per heavy atom. The molecule has 1 saturated carbocycles. The van der Waals surface area contributed by atoms with Crippen molar-refractivity contribution in [1.29, 1.82) is 21.0 Å². The lowest BCUT2D eigenvalue weighted by molar-refractivity contribution is -0.147. The molecule has 6 nitrogen and oxygen atoms in total. The summed E-state index contributed by atoms with van der Waals surface area (Å²) in [6, 6.07) is 15.3. The molecule has 0 atom stereocenters. The van der Waals surface area contributed by atoms with Crippen molar-refractivity contribution in [2.45, 2.75) is 6.61 Å². The fourth-order valence-electron chi connectivity index (χ4n) is 2.30. The van der Waals surface area contributed by atoms with Gasteiger partial charge >= 0.3 is 5.97 Å². The summed E-state index contributed by atoms with van der Waals surface area (Å²) < 4.78 is 5.03. The second-order valence-corrected chi connectivity index (χ2v) is 4.59. The van der Waals surface area contributed by atoms with Crippen LogP contribution in [0.4, 0.5) is 0 Å². The van der Waals surface area contributed by atoms with Gasteiger partial charge < -0.3 is 4.74 Å². The van der Waals surface area contributed by atoms with Gasteiger partial charge in [0, 0.05) is 0 Å². The second kappa shape index (κ2) is 4.97. The molecule has 1 fully saturated rings. The number of ether oxygens (including phenoxy) is 1. The van der Waals surface area contributed by atoms with E-state index in [1.54, 1.807) is 54.6 Å². The molecule has 1 aromatic carbocycles. The zero-order valence-corrected chi connectivity index (χ0v) is 10.8. The molecule has 21 heavy (non-hydrogen) atoms. The van der Waals surface area contributed by atoms with Crippen LogP contribution >= 0.6 is 0 Å². The predicted octanol–water partition coefficient (Wildman–Crippen LogP) is 1.43. The van der Waals surface area contributed by atoms with E-state index >= 15 is 0 Å². The summed E-state index contributed by atoms with van der Waals surface area (Å²) in [5, 5.41) is 36.3. The molecular weight excluding hydrogens is 268 g/mol. The van der Waals surface area contributed by atoms with Crippen LogP contribution in [-0.4, -0.2) is 5.97 Å². The third-order valence-corrected chi connectivity index (χ3v) is 3.57. The molecule has 100 valence electrons. The van der Waals surface area contributed by atoms with E-state index < -0.39 is 22.7 Å². The van der Waals surface area contributed by atoms with Gasteiger partial charge in [-0.1, -0.05) is 30.3 Å². The van der Waals surface area contributed by atoms with Crippen molar-refractivity contribution in [3.8, 4) is 24.3 Å². The number of hydrogen-bond acceptors (Lipinski definition) is 6. The quantitative estimate of drug-likeness (QED) is 0.769. The van der Waals surface area contributed by atoms with Crippen molar-refractivity contribution in [2.75, 3.05) is 0 Å². The average Bonchev–Trinajstić information content (AvgIpc) is 3.16. The van der Waals surface area contributed by atoms with Crippen LogP contribution in [0, 0.1) is 62.1 Å². The lowest BCUT2D eigenvalue weighted by Gasteiger charge is -2.04. The van der Waals surface area contributed by atoms with Gasteiger partial charge in [-0.2, -0.15) is 21.0 Å². The first-order valence-electron chi connectivity index (χ1n) is 5.97. The number of esters is 1. The first-order valence-corrected chi connectivity index (χ1v) is 5.97. The standard InChI is InChI=1S/C15H8N4O2/c16-7-14(8-17)12(15(14,9-18)10-19)13(20)21-6-11-4-2-1-3-5-11/h1-5,12H,6H2. The van der Waals surface area contributed by atoms with Gasteiger partial charge in [0.2, 0.25) is 0 Å². The summed E-state index contributed by atoms with van der Waals surface area (Å²) in [4.78, 5) is 12.0. The first-order chi connectivity index (χ1) is 10.1. The van der Waals surface area contributed by atoms with Crippen LogP contribution in [-0.2, 0) is 16.1 Å². The van der Waals surface area contributed by atoms with E-state index in [4.69, 9.17) is 25.8 Å². The molecule has 0 N–H and O–H groups in total. The SMILES string of the molecule is N#CC1(C#N)C(C(=O)OCc2ccccc2)C1(C#N)C#N. The Balaban J connectivity index is 2.18. The van der Waals surface area contributed by atoms with E-state index in [0.717, 1.165) is 5.56 Å². The van der Waals surface area contributed by atoms with Crippen LogP contribution in [0.25, 0.3) is 0 Å². The number of carbonyl (C=O) groups is 1. The maximum Gasteiger partial charge on any atom is 0.314 e. The molecule has 1 aliphatic carbocycles. The van der Waals surface area contributed by atoms with E-state index in [1.807, 2.05) is 0 Å². The zero-order valence-electron chi connectivity index (χ0n) is 10.8. The summed E-state index contributed by atoms with van der Waals surface area (Å²) in [5.74, 6) is -2.25. The highest BCUT2D eigenvalue weighted by molar-refractivity contribution is 5.85. The predicted molar refractivity (Wildman–Crippen MR) is 67.0 cm³/mol. The number of rotatable bonds is 3. The normalized spacial score (nSPS) is 17.3. The van der Waals surface area contributed by atoms with Crippen molar-refractivity contribution in [3.63, 3.8) is 0 Å². The van der Waals surface area contributed by atoms with Crippen LogP contribution in [0.5, 0.6) is 0 Å². The molecule has 0 unspecified atom stereocenters. The van der Waals surface area contributed by atoms with Crippen molar-refractivity contribution in [2.24, 2.45) is 16.7 Å². The molecule has 0 bridgehead atoms. The Morgan fingerprint density at radius 3 is 1.90 bits per heavy atom. The minimum Gasteiger partial charge on any atom is -0.460 e. The molecule has 0 amide bonds. The van der Waals surface area contributed by atoms with Gasteiger partial charge in [0.05, 0.1) is 24.3 Å². The van der Waals surface area contributed by atoms with Crippen LogP contribution in [0.3, 0.4) is 0 Å². The molecule has 6 heteroatoms. The van der Waals surface area contributed by atoms with Gasteiger partial charge in [-0.25, -0.2) is 0 Å². The Morgan fingerprint density at radius 2 is 1.48 bits per heavy atom. The van der Waals surface area contributed by atoms with Crippen molar-refractivity contribution < 1.29 is 9.53 Å². The van der Waals surface area contributed by atoms with E-state index in [0.29, 0.717) is 0 Å². The van der Waals surface area contributed by atoms with Gasteiger partial charge in [0.25, 0.3) is 0 Å². The topological polar surface area (TPSA) is 121 Å². The Bertz CT molecular complexity index is 677.